The molecule has 1 rings (SSSR count). The molecule has 162 valence electrons. The first-order valence-electron chi connectivity index (χ1n) is 10.9. The molecule has 0 amide bonds. The van der Waals surface area contributed by atoms with E-state index in [9.17, 15) is 0 Å². The van der Waals surface area contributed by atoms with Crippen LogP contribution in [0.15, 0.2) is 0 Å². The summed E-state index contributed by atoms with van der Waals surface area (Å²) in [4.78, 5) is 0. The fraction of sp³-hybridized carbons (Fsp3) is 1.00. The fourth-order valence-corrected chi connectivity index (χ4v) is 12.0. The van der Waals surface area contributed by atoms with Gasteiger partial charge in [-0.15, -0.1) is 23.8 Å². The van der Waals surface area contributed by atoms with Gasteiger partial charge < -0.3 is 14.2 Å². The van der Waals surface area contributed by atoms with Crippen molar-refractivity contribution >= 4 is 23.8 Å². The zero-order chi connectivity index (χ0) is 19.6. The third-order valence-electron chi connectivity index (χ3n) is 5.31. The lowest BCUT2D eigenvalue weighted by atomic mass is 10.5. The monoisotopic (exact) mass is 438 g/mol. The van der Waals surface area contributed by atoms with Gasteiger partial charge in [-0.3, -0.25) is 0 Å². The Morgan fingerprint density at radius 2 is 0.741 bits per heavy atom. The Labute approximate surface area is 173 Å². The molecule has 0 aliphatic carbocycles. The van der Waals surface area contributed by atoms with Crippen LogP contribution in [0.5, 0.6) is 0 Å². The summed E-state index contributed by atoms with van der Waals surface area (Å²) < 4.78 is 15.9. The molecule has 1 aliphatic heterocycles. The van der Waals surface area contributed by atoms with E-state index in [1.54, 1.807) is 0 Å². The molecule has 0 N–H and O–H groups in total. The van der Waals surface area contributed by atoms with Crippen LogP contribution in [0.1, 0.15) is 38.5 Å². The van der Waals surface area contributed by atoms with Gasteiger partial charge >= 0.3 is 0 Å². The highest BCUT2D eigenvalue weighted by molar-refractivity contribution is 7.59. The average molecular weight is 439 g/mol. The number of ether oxygens (including phenoxy) is 3. The molecule has 1 heterocycles. The molecule has 27 heavy (non-hydrogen) atoms. The van der Waals surface area contributed by atoms with Crippen LogP contribution in [0.2, 0.25) is 0 Å². The molecule has 0 aromatic carbocycles. The molecule has 1 saturated heterocycles. The molecule has 1 aliphatic rings. The molecule has 0 radical (unpaired) electrons. The quantitative estimate of drug-likeness (QED) is 0.288. The summed E-state index contributed by atoms with van der Waals surface area (Å²) in [6.45, 7) is 2.85. The molecular formula is C21H45O3P3. The van der Waals surface area contributed by atoms with Crippen LogP contribution in [0.3, 0.4) is 0 Å². The van der Waals surface area contributed by atoms with Crippen LogP contribution in [-0.2, 0) is 14.2 Å². The highest BCUT2D eigenvalue weighted by Gasteiger charge is 2.16. The Balaban J connectivity index is 2.52. The summed E-state index contributed by atoms with van der Waals surface area (Å²) in [5, 5.41) is 0. The van der Waals surface area contributed by atoms with Crippen LogP contribution in [0.25, 0.3) is 0 Å². The van der Waals surface area contributed by atoms with Crippen LogP contribution in [0.4, 0.5) is 0 Å². The smallest absolute Gasteiger partial charge is 0.0465 e. The second-order valence-electron chi connectivity index (χ2n) is 7.62. The van der Waals surface area contributed by atoms with Crippen LogP contribution in [-0.4, -0.2) is 96.6 Å². The van der Waals surface area contributed by atoms with Crippen LogP contribution >= 0.6 is 23.8 Å². The van der Waals surface area contributed by atoms with Gasteiger partial charge in [-0.2, -0.15) is 0 Å². The first-order valence-corrected chi connectivity index (χ1v) is 16.6. The van der Waals surface area contributed by atoms with Crippen LogP contribution < -0.4 is 0 Å². The number of hydrogen-bond donors (Lipinski definition) is 0. The lowest BCUT2D eigenvalue weighted by Crippen LogP contribution is -2.07. The first-order chi connectivity index (χ1) is 13.3. The molecule has 0 atom stereocenters. The average Bonchev–Trinajstić information content (AvgIpc) is 2.66. The summed E-state index contributed by atoms with van der Waals surface area (Å²) >= 11 is 0. The second-order valence-corrected chi connectivity index (χ2v) is 15.7. The van der Waals surface area contributed by atoms with Gasteiger partial charge in [0.2, 0.25) is 0 Å². The van der Waals surface area contributed by atoms with E-state index in [4.69, 9.17) is 14.2 Å². The van der Waals surface area contributed by atoms with Crippen molar-refractivity contribution in [3.05, 3.63) is 0 Å². The maximum Gasteiger partial charge on any atom is 0.0465 e. The first kappa shape index (κ1) is 26.2. The Kier molecular flexibility index (Phi) is 18.6. The van der Waals surface area contributed by atoms with Crippen molar-refractivity contribution < 1.29 is 14.2 Å². The molecule has 3 nitrogen and oxygen atoms in total. The molecule has 0 saturated carbocycles. The highest BCUT2D eigenvalue weighted by atomic mass is 31.1. The van der Waals surface area contributed by atoms with Crippen molar-refractivity contribution in [1.82, 2.24) is 0 Å². The third-order valence-corrected chi connectivity index (χ3v) is 13.9. The van der Waals surface area contributed by atoms with Crippen LogP contribution in [0, 0.1) is 0 Å². The van der Waals surface area contributed by atoms with Gasteiger partial charge in [0.05, 0.1) is 0 Å². The molecule has 0 aromatic heterocycles. The number of hydrogen-bond acceptors (Lipinski definition) is 3. The van der Waals surface area contributed by atoms with Crippen molar-refractivity contribution in [1.29, 1.82) is 0 Å². The zero-order valence-corrected chi connectivity index (χ0v) is 21.0. The molecule has 0 spiro atoms. The van der Waals surface area contributed by atoms with E-state index in [2.05, 4.69) is 0 Å². The van der Waals surface area contributed by atoms with Gasteiger partial charge in [0.1, 0.15) is 0 Å². The van der Waals surface area contributed by atoms with E-state index in [1.807, 2.05) is 21.3 Å². The van der Waals surface area contributed by atoms with Gasteiger partial charge in [-0.1, -0.05) is 0 Å². The summed E-state index contributed by atoms with van der Waals surface area (Å²) in [5.74, 6) is 0. The largest absolute Gasteiger partial charge is 0.385 e. The summed E-state index contributed by atoms with van der Waals surface area (Å²) in [5.41, 5.74) is 0. The second kappa shape index (κ2) is 19.2. The highest BCUT2D eigenvalue weighted by Crippen LogP contribution is 2.47. The molecule has 0 bridgehead atoms. The van der Waals surface area contributed by atoms with Crippen molar-refractivity contribution in [3.8, 4) is 0 Å². The Morgan fingerprint density at radius 3 is 0.963 bits per heavy atom. The molecule has 1 fully saturated rings. The summed E-state index contributed by atoms with van der Waals surface area (Å²) in [6.07, 6.45) is 21.7. The van der Waals surface area contributed by atoms with Crippen molar-refractivity contribution in [2.24, 2.45) is 0 Å². The van der Waals surface area contributed by atoms with E-state index in [1.165, 1.54) is 94.0 Å². The maximum absolute atomic E-state index is 5.31. The van der Waals surface area contributed by atoms with E-state index in [-0.39, 0.29) is 23.8 Å². The van der Waals surface area contributed by atoms with E-state index in [0.29, 0.717) is 0 Å². The zero-order valence-electron chi connectivity index (χ0n) is 18.3. The van der Waals surface area contributed by atoms with Gasteiger partial charge in [-0.25, -0.2) is 0 Å². The van der Waals surface area contributed by atoms with E-state index in [0.717, 1.165) is 19.8 Å². The Morgan fingerprint density at radius 1 is 0.481 bits per heavy atom. The van der Waals surface area contributed by atoms with Crippen molar-refractivity contribution in [2.75, 3.05) is 96.6 Å². The molecule has 0 aromatic rings. The normalized spacial score (nSPS) is 25.7. The van der Waals surface area contributed by atoms with Crippen molar-refractivity contribution in [2.45, 2.75) is 38.5 Å². The SMILES string of the molecule is COCCCP1CCCP(CCCOC)CCCP(CCCOC)CCC1. The topological polar surface area (TPSA) is 27.7 Å². The standard InChI is InChI=1S/C21H45O3P3/c1-22-10-4-13-25-16-7-18-26(14-5-11-23-2)20-9-21-27(19-8-17-25)15-6-12-24-3/h4-21H2,1-3H3. The molecule has 6 heteroatoms. The lowest BCUT2D eigenvalue weighted by molar-refractivity contribution is 0.200. The van der Waals surface area contributed by atoms with Gasteiger partial charge in [-0.05, 0) is 94.0 Å². The molecular weight excluding hydrogens is 393 g/mol. The fourth-order valence-electron chi connectivity index (χ4n) is 3.86. The minimum atomic E-state index is 0.245. The third kappa shape index (κ3) is 14.7. The number of rotatable bonds is 12. The minimum absolute atomic E-state index is 0.245. The van der Waals surface area contributed by atoms with E-state index < -0.39 is 0 Å². The number of methoxy groups -OCH3 is 3. The Bertz CT molecular complexity index is 261. The summed E-state index contributed by atoms with van der Waals surface area (Å²) in [7, 11) is 6.26. The van der Waals surface area contributed by atoms with Crippen molar-refractivity contribution in [3.63, 3.8) is 0 Å². The predicted octanol–water partition coefficient (Wildman–Crippen LogP) is 5.73. The van der Waals surface area contributed by atoms with E-state index >= 15 is 0 Å². The van der Waals surface area contributed by atoms with Gasteiger partial charge in [0.15, 0.2) is 0 Å². The lowest BCUT2D eigenvalue weighted by Gasteiger charge is -2.25. The summed E-state index contributed by atoms with van der Waals surface area (Å²) in [6, 6.07) is 0. The maximum atomic E-state index is 5.31. The van der Waals surface area contributed by atoms with Gasteiger partial charge in [0.25, 0.3) is 0 Å². The van der Waals surface area contributed by atoms with Gasteiger partial charge in [0, 0.05) is 41.2 Å². The Hall–Kier alpha value is 1.17. The minimum Gasteiger partial charge on any atom is -0.385 e. The molecule has 0 unspecified atom stereocenters. The predicted molar refractivity (Wildman–Crippen MR) is 128 cm³/mol.